The Bertz CT molecular complexity index is 177. The molecule has 1 unspecified atom stereocenters. The van der Waals surface area contributed by atoms with Gasteiger partial charge in [0.15, 0.2) is 6.16 Å². The maximum Gasteiger partial charge on any atom is 0.508 e. The van der Waals surface area contributed by atoms with Crippen LogP contribution in [0.25, 0.3) is 0 Å². The van der Waals surface area contributed by atoms with Crippen LogP contribution in [0.5, 0.6) is 0 Å². The minimum absolute atomic E-state index is 0. The standard InChI is InChI=1S/C14H30O2P.Nd/c1-3-5-7-9-11-13-16-17(15)14-12-10-8-6-4-2;/h3-14H2,1-2H3;/q+1;. The van der Waals surface area contributed by atoms with Crippen molar-refractivity contribution in [3.63, 3.8) is 0 Å². The third-order valence-corrected chi connectivity index (χ3v) is 4.08. The molecule has 0 aromatic rings. The predicted molar refractivity (Wildman–Crippen MR) is 75.9 cm³/mol. The van der Waals surface area contributed by atoms with Crippen LogP contribution in [-0.2, 0) is 9.09 Å². The van der Waals surface area contributed by atoms with E-state index >= 15 is 0 Å². The van der Waals surface area contributed by atoms with E-state index in [0.29, 0.717) is 6.61 Å². The molecule has 0 bridgehead atoms. The Kier molecular flexibility index (Phi) is 22.2. The fourth-order valence-electron chi connectivity index (χ4n) is 1.78. The summed E-state index contributed by atoms with van der Waals surface area (Å²) >= 11 is 0. The Morgan fingerprint density at radius 1 is 0.778 bits per heavy atom. The van der Waals surface area contributed by atoms with Crippen molar-refractivity contribution in [2.75, 3.05) is 12.8 Å². The maximum absolute atomic E-state index is 11.5. The van der Waals surface area contributed by atoms with Crippen LogP contribution in [-0.4, -0.2) is 12.8 Å². The van der Waals surface area contributed by atoms with Crippen molar-refractivity contribution >= 4 is 8.03 Å². The second-order valence-electron chi connectivity index (χ2n) is 4.72. The minimum Gasteiger partial charge on any atom is -0.146 e. The van der Waals surface area contributed by atoms with Gasteiger partial charge in [-0.25, -0.2) is 0 Å². The fourth-order valence-corrected chi connectivity index (χ4v) is 2.72. The average molecular weight is 406 g/mol. The van der Waals surface area contributed by atoms with Crippen LogP contribution in [0.15, 0.2) is 0 Å². The van der Waals surface area contributed by atoms with Gasteiger partial charge in [-0.05, 0) is 23.8 Å². The van der Waals surface area contributed by atoms with Crippen molar-refractivity contribution in [1.82, 2.24) is 0 Å². The normalized spacial score (nSPS) is 11.1. The van der Waals surface area contributed by atoms with Crippen molar-refractivity contribution in [3.8, 4) is 0 Å². The van der Waals surface area contributed by atoms with Gasteiger partial charge < -0.3 is 0 Å². The summed E-state index contributed by atoms with van der Waals surface area (Å²) in [7, 11) is -1.38. The van der Waals surface area contributed by atoms with Gasteiger partial charge in [0.05, 0.1) is 0 Å². The van der Waals surface area contributed by atoms with Gasteiger partial charge >= 0.3 is 8.03 Å². The molecule has 0 saturated heterocycles. The fraction of sp³-hybridized carbons (Fsp3) is 1.00. The quantitative estimate of drug-likeness (QED) is 0.291. The second-order valence-corrected chi connectivity index (χ2v) is 6.09. The van der Waals surface area contributed by atoms with Crippen molar-refractivity contribution in [1.29, 1.82) is 0 Å². The van der Waals surface area contributed by atoms with E-state index in [1.165, 1.54) is 51.4 Å². The summed E-state index contributed by atoms with van der Waals surface area (Å²) in [4.78, 5) is 0. The van der Waals surface area contributed by atoms with E-state index in [0.717, 1.165) is 19.0 Å². The summed E-state index contributed by atoms with van der Waals surface area (Å²) in [5.74, 6) is 0. The number of hydrogen-bond donors (Lipinski definition) is 0. The molecule has 0 heterocycles. The zero-order valence-corrected chi connectivity index (χ0v) is 16.4. The molecule has 0 aliphatic rings. The molecule has 18 heavy (non-hydrogen) atoms. The first-order valence-electron chi connectivity index (χ1n) is 7.38. The first-order chi connectivity index (χ1) is 8.31. The van der Waals surface area contributed by atoms with Crippen molar-refractivity contribution in [3.05, 3.63) is 0 Å². The summed E-state index contributed by atoms with van der Waals surface area (Å²) in [6.07, 6.45) is 13.0. The van der Waals surface area contributed by atoms with Gasteiger partial charge in [0.25, 0.3) is 0 Å². The maximum atomic E-state index is 11.5. The molecular formula is C14H30NdO2P+. The Balaban J connectivity index is 0. The third kappa shape index (κ3) is 17.4. The van der Waals surface area contributed by atoms with E-state index < -0.39 is 8.03 Å². The van der Waals surface area contributed by atoms with Crippen molar-refractivity contribution in [2.45, 2.75) is 78.1 Å². The molecule has 0 aliphatic heterocycles. The van der Waals surface area contributed by atoms with E-state index in [1.54, 1.807) is 0 Å². The predicted octanol–water partition coefficient (Wildman–Crippen LogP) is 5.69. The smallest absolute Gasteiger partial charge is 0.146 e. The number of hydrogen-bond acceptors (Lipinski definition) is 2. The van der Waals surface area contributed by atoms with Crippen LogP contribution in [0.2, 0.25) is 0 Å². The molecule has 0 aliphatic carbocycles. The molecule has 0 N–H and O–H groups in total. The Morgan fingerprint density at radius 2 is 1.28 bits per heavy atom. The zero-order chi connectivity index (χ0) is 12.8. The van der Waals surface area contributed by atoms with Gasteiger partial charge in [0.1, 0.15) is 6.61 Å². The second kappa shape index (κ2) is 18.4. The average Bonchev–Trinajstić information content (AvgIpc) is 2.33. The number of unbranched alkanes of at least 4 members (excludes halogenated alkanes) is 8. The molecule has 0 rings (SSSR count). The molecule has 2 nitrogen and oxygen atoms in total. The van der Waals surface area contributed by atoms with E-state index in [2.05, 4.69) is 13.8 Å². The summed E-state index contributed by atoms with van der Waals surface area (Å²) in [5, 5.41) is 0. The molecule has 0 radical (unpaired) electrons. The molecule has 106 valence electrons. The van der Waals surface area contributed by atoms with Gasteiger partial charge in [0, 0.05) is 40.8 Å². The van der Waals surface area contributed by atoms with Gasteiger partial charge in [-0.3, -0.25) is 0 Å². The molecule has 0 aromatic heterocycles. The van der Waals surface area contributed by atoms with Crippen LogP contribution in [0.1, 0.15) is 78.1 Å². The largest absolute Gasteiger partial charge is 0.508 e. The summed E-state index contributed by atoms with van der Waals surface area (Å²) < 4.78 is 16.8. The monoisotopic (exact) mass is 403 g/mol. The van der Waals surface area contributed by atoms with Crippen LogP contribution in [0, 0.1) is 40.8 Å². The van der Waals surface area contributed by atoms with Crippen molar-refractivity contribution in [2.24, 2.45) is 0 Å². The molecular weight excluding hydrogens is 375 g/mol. The molecule has 0 spiro atoms. The number of rotatable bonds is 13. The molecule has 0 saturated carbocycles. The summed E-state index contributed by atoms with van der Waals surface area (Å²) in [6.45, 7) is 5.11. The summed E-state index contributed by atoms with van der Waals surface area (Å²) in [5.41, 5.74) is 0. The molecule has 1 atom stereocenters. The molecule has 4 heteroatoms. The Hall–Kier alpha value is 1.41. The van der Waals surface area contributed by atoms with Gasteiger partial charge in [-0.15, -0.1) is 4.52 Å². The van der Waals surface area contributed by atoms with Crippen molar-refractivity contribution < 1.29 is 49.9 Å². The first-order valence-corrected chi connectivity index (χ1v) is 8.75. The first kappa shape index (κ1) is 21.7. The van der Waals surface area contributed by atoms with E-state index in [9.17, 15) is 4.57 Å². The third-order valence-electron chi connectivity index (χ3n) is 2.93. The molecule has 0 fully saturated rings. The molecule has 0 aromatic carbocycles. The van der Waals surface area contributed by atoms with Gasteiger partial charge in [0.2, 0.25) is 0 Å². The van der Waals surface area contributed by atoms with Crippen LogP contribution in [0.3, 0.4) is 0 Å². The van der Waals surface area contributed by atoms with E-state index in [-0.39, 0.29) is 40.8 Å². The summed E-state index contributed by atoms with van der Waals surface area (Å²) in [6, 6.07) is 0. The van der Waals surface area contributed by atoms with Crippen LogP contribution in [0.4, 0.5) is 0 Å². The van der Waals surface area contributed by atoms with E-state index in [1.807, 2.05) is 0 Å². The minimum atomic E-state index is -1.38. The van der Waals surface area contributed by atoms with Gasteiger partial charge in [-0.2, -0.15) is 0 Å². The Morgan fingerprint density at radius 3 is 1.83 bits per heavy atom. The van der Waals surface area contributed by atoms with E-state index in [4.69, 9.17) is 4.52 Å². The van der Waals surface area contributed by atoms with Crippen LogP contribution >= 0.6 is 8.03 Å². The molecule has 0 amide bonds. The van der Waals surface area contributed by atoms with Gasteiger partial charge in [-0.1, -0.05) is 58.8 Å². The zero-order valence-electron chi connectivity index (χ0n) is 12.2. The SMILES string of the molecule is CCCCCCCO[P+](=O)CCCCCCC.[Nd]. The Labute approximate surface area is 147 Å². The topological polar surface area (TPSA) is 26.3 Å². The van der Waals surface area contributed by atoms with Crippen LogP contribution < -0.4 is 0 Å².